The highest BCUT2D eigenvalue weighted by atomic mass is 127. The zero-order valence-corrected chi connectivity index (χ0v) is 14.1. The lowest BCUT2D eigenvalue weighted by molar-refractivity contribution is -0.950. The molecular formula is C16H26IN. The molecule has 0 atom stereocenters. The Balaban J connectivity index is 0.00000162. The molecule has 1 saturated heterocycles. The third-order valence-electron chi connectivity index (χ3n) is 4.84. The number of nitrogens with zero attached hydrogens (tertiary/aromatic N) is 1. The second kappa shape index (κ2) is 6.90. The Labute approximate surface area is 129 Å². The van der Waals surface area contributed by atoms with Crippen LogP contribution >= 0.6 is 0 Å². The van der Waals surface area contributed by atoms with Crippen molar-refractivity contribution in [2.75, 3.05) is 19.6 Å². The van der Waals surface area contributed by atoms with E-state index in [4.69, 9.17) is 0 Å². The quantitative estimate of drug-likeness (QED) is 0.554. The lowest BCUT2D eigenvalue weighted by atomic mass is 9.87. The molecule has 1 fully saturated rings. The molecule has 102 valence electrons. The summed E-state index contributed by atoms with van der Waals surface area (Å²) >= 11 is 0. The van der Waals surface area contributed by atoms with Crippen LogP contribution in [0.15, 0.2) is 30.3 Å². The molecule has 2 rings (SSSR count). The third-order valence-corrected chi connectivity index (χ3v) is 4.84. The van der Waals surface area contributed by atoms with E-state index >= 15 is 0 Å². The van der Waals surface area contributed by atoms with Gasteiger partial charge in [0.05, 0.1) is 25.7 Å². The molecule has 1 aromatic carbocycles. The SMILES string of the molecule is CC[N+]1(C(C)C)CCC(c2ccccc2)CC1.[I-]. The summed E-state index contributed by atoms with van der Waals surface area (Å²) in [6.45, 7) is 11.1. The van der Waals surface area contributed by atoms with E-state index in [1.165, 1.54) is 37.0 Å². The molecule has 0 unspecified atom stereocenters. The summed E-state index contributed by atoms with van der Waals surface area (Å²) in [5.41, 5.74) is 1.55. The van der Waals surface area contributed by atoms with Crippen LogP contribution < -0.4 is 24.0 Å². The molecule has 0 amide bonds. The third kappa shape index (κ3) is 3.27. The fourth-order valence-corrected chi connectivity index (χ4v) is 3.34. The maximum atomic E-state index is 2.38. The fourth-order valence-electron chi connectivity index (χ4n) is 3.34. The van der Waals surface area contributed by atoms with E-state index < -0.39 is 0 Å². The van der Waals surface area contributed by atoms with E-state index in [0.29, 0.717) is 0 Å². The maximum absolute atomic E-state index is 2.38. The van der Waals surface area contributed by atoms with Crippen LogP contribution in [0, 0.1) is 0 Å². The van der Waals surface area contributed by atoms with Gasteiger partial charge in [0.2, 0.25) is 0 Å². The van der Waals surface area contributed by atoms with Crippen molar-refractivity contribution in [1.29, 1.82) is 0 Å². The van der Waals surface area contributed by atoms with Crippen molar-refractivity contribution in [3.8, 4) is 0 Å². The van der Waals surface area contributed by atoms with E-state index in [9.17, 15) is 0 Å². The van der Waals surface area contributed by atoms with Crippen LogP contribution in [-0.4, -0.2) is 30.2 Å². The molecule has 1 aromatic rings. The van der Waals surface area contributed by atoms with Gasteiger partial charge in [-0.3, -0.25) is 0 Å². The topological polar surface area (TPSA) is 0 Å². The number of halogens is 1. The lowest BCUT2D eigenvalue weighted by Gasteiger charge is -2.46. The first-order valence-corrected chi connectivity index (χ1v) is 7.08. The summed E-state index contributed by atoms with van der Waals surface area (Å²) in [5, 5.41) is 0. The Hall–Kier alpha value is -0.0900. The van der Waals surface area contributed by atoms with Gasteiger partial charge in [0.15, 0.2) is 0 Å². The maximum Gasteiger partial charge on any atom is 0.0833 e. The normalized spacial score (nSPS) is 27.9. The molecule has 0 N–H and O–H groups in total. The molecule has 18 heavy (non-hydrogen) atoms. The standard InChI is InChI=1S/C16H26N.HI/c1-4-17(14(2)3)12-10-16(11-13-17)15-8-6-5-7-9-15;/h5-9,14,16H,4,10-13H2,1-3H3;1H/q+1;/p-1. The Kier molecular flexibility index (Phi) is 6.12. The van der Waals surface area contributed by atoms with Gasteiger partial charge < -0.3 is 28.5 Å². The molecule has 0 bridgehead atoms. The molecule has 1 heterocycles. The monoisotopic (exact) mass is 359 g/mol. The molecular weight excluding hydrogens is 333 g/mol. The molecule has 1 nitrogen and oxygen atoms in total. The summed E-state index contributed by atoms with van der Waals surface area (Å²) in [4.78, 5) is 0. The van der Waals surface area contributed by atoms with Crippen LogP contribution in [0.3, 0.4) is 0 Å². The minimum Gasteiger partial charge on any atom is -1.00 e. The van der Waals surface area contributed by atoms with Gasteiger partial charge in [-0.05, 0) is 32.3 Å². The van der Waals surface area contributed by atoms with Crippen molar-refractivity contribution in [3.63, 3.8) is 0 Å². The Morgan fingerprint density at radius 1 is 1.11 bits per heavy atom. The van der Waals surface area contributed by atoms with Crippen LogP contribution in [0.25, 0.3) is 0 Å². The summed E-state index contributed by atoms with van der Waals surface area (Å²) in [5.74, 6) is 0.799. The lowest BCUT2D eigenvalue weighted by Crippen LogP contribution is -3.00. The zero-order valence-electron chi connectivity index (χ0n) is 11.9. The average molecular weight is 359 g/mol. The number of likely N-dealkylation sites (tertiary alicyclic amines) is 1. The van der Waals surface area contributed by atoms with Gasteiger partial charge >= 0.3 is 0 Å². The highest BCUT2D eigenvalue weighted by Crippen LogP contribution is 2.32. The molecule has 2 heteroatoms. The largest absolute Gasteiger partial charge is 1.00 e. The van der Waals surface area contributed by atoms with E-state index in [-0.39, 0.29) is 24.0 Å². The smallest absolute Gasteiger partial charge is 0.0833 e. The summed E-state index contributed by atoms with van der Waals surface area (Å²) < 4.78 is 1.32. The van der Waals surface area contributed by atoms with Crippen molar-refractivity contribution in [3.05, 3.63) is 35.9 Å². The van der Waals surface area contributed by atoms with E-state index in [2.05, 4.69) is 51.1 Å². The Morgan fingerprint density at radius 3 is 2.11 bits per heavy atom. The van der Waals surface area contributed by atoms with Crippen LogP contribution in [0.1, 0.15) is 45.1 Å². The number of piperidine rings is 1. The van der Waals surface area contributed by atoms with E-state index in [1.807, 2.05) is 0 Å². The molecule has 0 radical (unpaired) electrons. The van der Waals surface area contributed by atoms with Crippen molar-refractivity contribution >= 4 is 0 Å². The van der Waals surface area contributed by atoms with Crippen molar-refractivity contribution in [2.45, 2.75) is 45.6 Å². The van der Waals surface area contributed by atoms with Crippen molar-refractivity contribution in [2.24, 2.45) is 0 Å². The summed E-state index contributed by atoms with van der Waals surface area (Å²) in [7, 11) is 0. The zero-order chi connectivity index (χ0) is 12.3. The summed E-state index contributed by atoms with van der Waals surface area (Å²) in [6.07, 6.45) is 2.71. The summed E-state index contributed by atoms with van der Waals surface area (Å²) in [6, 6.07) is 11.8. The number of hydrogen-bond donors (Lipinski definition) is 0. The van der Waals surface area contributed by atoms with E-state index in [1.54, 1.807) is 5.56 Å². The van der Waals surface area contributed by atoms with Crippen LogP contribution in [0.4, 0.5) is 0 Å². The number of benzene rings is 1. The molecule has 0 spiro atoms. The van der Waals surface area contributed by atoms with Gasteiger partial charge in [-0.2, -0.15) is 0 Å². The minimum atomic E-state index is 0. The van der Waals surface area contributed by atoms with Gasteiger partial charge in [-0.25, -0.2) is 0 Å². The molecule has 0 aromatic heterocycles. The predicted molar refractivity (Wildman–Crippen MR) is 74.1 cm³/mol. The van der Waals surface area contributed by atoms with Crippen LogP contribution in [0.5, 0.6) is 0 Å². The highest BCUT2D eigenvalue weighted by Gasteiger charge is 2.35. The van der Waals surface area contributed by atoms with E-state index in [0.717, 1.165) is 12.0 Å². The first-order chi connectivity index (χ1) is 8.18. The molecule has 0 saturated carbocycles. The first kappa shape index (κ1) is 16.0. The minimum absolute atomic E-state index is 0. The molecule has 1 aliphatic heterocycles. The second-order valence-electron chi connectivity index (χ2n) is 5.76. The van der Waals surface area contributed by atoms with Crippen molar-refractivity contribution in [1.82, 2.24) is 0 Å². The number of rotatable bonds is 3. The highest BCUT2D eigenvalue weighted by molar-refractivity contribution is 5.19. The van der Waals surface area contributed by atoms with Crippen LogP contribution in [-0.2, 0) is 0 Å². The first-order valence-electron chi connectivity index (χ1n) is 7.08. The fraction of sp³-hybridized carbons (Fsp3) is 0.625. The van der Waals surface area contributed by atoms with Crippen LogP contribution in [0.2, 0.25) is 0 Å². The average Bonchev–Trinajstić information content (AvgIpc) is 2.39. The van der Waals surface area contributed by atoms with Crippen molar-refractivity contribution < 1.29 is 28.5 Å². The second-order valence-corrected chi connectivity index (χ2v) is 5.76. The number of hydrogen-bond acceptors (Lipinski definition) is 0. The molecule has 1 aliphatic rings. The van der Waals surface area contributed by atoms with Gasteiger partial charge in [0.1, 0.15) is 0 Å². The predicted octanol–water partition coefficient (Wildman–Crippen LogP) is 0.813. The molecule has 0 aliphatic carbocycles. The van der Waals surface area contributed by atoms with Gasteiger partial charge in [-0.15, -0.1) is 0 Å². The number of quaternary nitrogens is 1. The Bertz CT molecular complexity index is 339. The Morgan fingerprint density at radius 2 is 1.67 bits per heavy atom. The van der Waals surface area contributed by atoms with Gasteiger partial charge in [-0.1, -0.05) is 30.3 Å². The van der Waals surface area contributed by atoms with Gasteiger partial charge in [0, 0.05) is 12.8 Å². The van der Waals surface area contributed by atoms with Gasteiger partial charge in [0.25, 0.3) is 0 Å².